The standard InChI is InChI=1S/C23H27N3O3/c1-14(2)22(28)26-21(12-17-13-24-20-10-5-4-9-19(17)20)23(29)25-15(3)16-7-6-8-18(27)11-16/h4-11,13-15,21,24,27H,12H2,1-3H3,(H,25,29)(H,26,28). The number of aromatic hydroxyl groups is 1. The van der Waals surface area contributed by atoms with E-state index < -0.39 is 6.04 Å². The molecule has 0 bridgehead atoms. The molecule has 0 aliphatic carbocycles. The summed E-state index contributed by atoms with van der Waals surface area (Å²) in [7, 11) is 0. The quantitative estimate of drug-likeness (QED) is 0.495. The highest BCUT2D eigenvalue weighted by molar-refractivity contribution is 5.90. The minimum Gasteiger partial charge on any atom is -0.508 e. The summed E-state index contributed by atoms with van der Waals surface area (Å²) in [5.41, 5.74) is 2.75. The summed E-state index contributed by atoms with van der Waals surface area (Å²) >= 11 is 0. The molecule has 2 unspecified atom stereocenters. The number of para-hydroxylation sites is 1. The van der Waals surface area contributed by atoms with Crippen molar-refractivity contribution in [2.45, 2.75) is 39.3 Å². The minimum atomic E-state index is -0.705. The molecule has 3 aromatic rings. The SMILES string of the molecule is CC(C)C(=O)NC(Cc1c[nH]c2ccccc12)C(=O)NC(C)c1cccc(O)c1. The summed E-state index contributed by atoms with van der Waals surface area (Å²) in [6.07, 6.45) is 2.26. The van der Waals surface area contributed by atoms with Gasteiger partial charge in [-0.15, -0.1) is 0 Å². The van der Waals surface area contributed by atoms with Gasteiger partial charge < -0.3 is 20.7 Å². The van der Waals surface area contributed by atoms with Crippen LogP contribution in [0.1, 0.15) is 37.9 Å². The lowest BCUT2D eigenvalue weighted by atomic mass is 10.0. The van der Waals surface area contributed by atoms with E-state index in [0.29, 0.717) is 6.42 Å². The number of hydrogen-bond donors (Lipinski definition) is 4. The predicted octanol–water partition coefficient (Wildman–Crippen LogP) is 3.43. The minimum absolute atomic E-state index is 0.145. The van der Waals surface area contributed by atoms with E-state index in [0.717, 1.165) is 22.0 Å². The third-order valence-corrected chi connectivity index (χ3v) is 4.99. The topological polar surface area (TPSA) is 94.2 Å². The van der Waals surface area contributed by atoms with Crippen LogP contribution < -0.4 is 10.6 Å². The van der Waals surface area contributed by atoms with Crippen molar-refractivity contribution in [2.24, 2.45) is 5.92 Å². The Hall–Kier alpha value is -3.28. The van der Waals surface area contributed by atoms with Gasteiger partial charge in [0.15, 0.2) is 0 Å². The molecule has 0 spiro atoms. The molecule has 0 radical (unpaired) electrons. The molecule has 1 heterocycles. The van der Waals surface area contributed by atoms with Gasteiger partial charge in [-0.1, -0.05) is 44.2 Å². The number of amides is 2. The summed E-state index contributed by atoms with van der Waals surface area (Å²) < 4.78 is 0. The Bertz CT molecular complexity index is 1010. The second-order valence-electron chi connectivity index (χ2n) is 7.60. The second kappa shape index (κ2) is 8.82. The summed E-state index contributed by atoms with van der Waals surface area (Å²) in [5.74, 6) is -0.515. The molecule has 0 aliphatic rings. The lowest BCUT2D eigenvalue weighted by Crippen LogP contribution is -2.49. The Balaban J connectivity index is 1.80. The lowest BCUT2D eigenvalue weighted by molar-refractivity contribution is -0.130. The monoisotopic (exact) mass is 393 g/mol. The van der Waals surface area contributed by atoms with Crippen molar-refractivity contribution in [1.29, 1.82) is 0 Å². The van der Waals surface area contributed by atoms with Crippen molar-refractivity contribution in [3.05, 3.63) is 65.9 Å². The second-order valence-corrected chi connectivity index (χ2v) is 7.60. The maximum absolute atomic E-state index is 13.0. The fourth-order valence-corrected chi connectivity index (χ4v) is 3.26. The highest BCUT2D eigenvalue weighted by Crippen LogP contribution is 2.21. The Kier molecular flexibility index (Phi) is 6.22. The summed E-state index contributed by atoms with van der Waals surface area (Å²) in [6.45, 7) is 5.44. The first-order valence-corrected chi connectivity index (χ1v) is 9.80. The first kappa shape index (κ1) is 20.5. The van der Waals surface area contributed by atoms with Gasteiger partial charge in [0.2, 0.25) is 11.8 Å². The first-order chi connectivity index (χ1) is 13.8. The molecule has 3 rings (SSSR count). The van der Waals surface area contributed by atoms with Crippen LogP contribution >= 0.6 is 0 Å². The van der Waals surface area contributed by atoms with E-state index >= 15 is 0 Å². The van der Waals surface area contributed by atoms with E-state index in [4.69, 9.17) is 0 Å². The molecule has 0 saturated heterocycles. The predicted molar refractivity (Wildman–Crippen MR) is 113 cm³/mol. The fourth-order valence-electron chi connectivity index (χ4n) is 3.26. The van der Waals surface area contributed by atoms with Gasteiger partial charge in [-0.25, -0.2) is 0 Å². The van der Waals surface area contributed by atoms with E-state index in [1.54, 1.807) is 32.0 Å². The third kappa shape index (κ3) is 4.96. The number of carbonyl (C=O) groups is 2. The number of phenolic OH excluding ortho intramolecular Hbond substituents is 1. The molecule has 0 saturated carbocycles. The van der Waals surface area contributed by atoms with Crippen LogP contribution in [0.25, 0.3) is 10.9 Å². The van der Waals surface area contributed by atoms with E-state index in [2.05, 4.69) is 15.6 Å². The van der Waals surface area contributed by atoms with Crippen molar-refractivity contribution in [3.63, 3.8) is 0 Å². The van der Waals surface area contributed by atoms with Gasteiger partial charge in [0, 0.05) is 29.4 Å². The van der Waals surface area contributed by atoms with Crippen LogP contribution in [-0.2, 0) is 16.0 Å². The first-order valence-electron chi connectivity index (χ1n) is 9.80. The number of aromatic nitrogens is 1. The molecule has 2 aromatic carbocycles. The van der Waals surface area contributed by atoms with E-state index in [9.17, 15) is 14.7 Å². The number of fused-ring (bicyclic) bond motifs is 1. The summed E-state index contributed by atoms with van der Waals surface area (Å²) in [5, 5.41) is 16.5. The number of H-pyrrole nitrogens is 1. The number of rotatable bonds is 7. The van der Waals surface area contributed by atoms with Crippen LogP contribution in [0.15, 0.2) is 54.7 Å². The highest BCUT2D eigenvalue weighted by Gasteiger charge is 2.25. The van der Waals surface area contributed by atoms with E-state index in [-0.39, 0.29) is 29.5 Å². The van der Waals surface area contributed by atoms with Crippen LogP contribution in [0, 0.1) is 5.92 Å². The zero-order chi connectivity index (χ0) is 21.0. The number of hydrogen-bond acceptors (Lipinski definition) is 3. The van der Waals surface area contributed by atoms with Crippen molar-refractivity contribution in [2.75, 3.05) is 0 Å². The molecule has 6 heteroatoms. The van der Waals surface area contributed by atoms with Crippen LogP contribution in [0.2, 0.25) is 0 Å². The van der Waals surface area contributed by atoms with Crippen LogP contribution in [0.3, 0.4) is 0 Å². The molecule has 0 fully saturated rings. The Morgan fingerprint density at radius 2 is 1.76 bits per heavy atom. The number of phenols is 1. The Labute approximate surface area is 170 Å². The number of aromatic amines is 1. The maximum Gasteiger partial charge on any atom is 0.243 e. The van der Waals surface area contributed by atoms with Crippen molar-refractivity contribution in [1.82, 2.24) is 15.6 Å². The van der Waals surface area contributed by atoms with Crippen LogP contribution in [0.5, 0.6) is 5.75 Å². The zero-order valence-electron chi connectivity index (χ0n) is 16.9. The molecule has 0 aliphatic heterocycles. The zero-order valence-corrected chi connectivity index (χ0v) is 16.9. The maximum atomic E-state index is 13.0. The summed E-state index contributed by atoms with van der Waals surface area (Å²) in [6, 6.07) is 13.6. The molecule has 152 valence electrons. The highest BCUT2D eigenvalue weighted by atomic mass is 16.3. The molecular formula is C23H27N3O3. The van der Waals surface area contributed by atoms with Gasteiger partial charge in [0.25, 0.3) is 0 Å². The fraction of sp³-hybridized carbons (Fsp3) is 0.304. The van der Waals surface area contributed by atoms with Gasteiger partial charge >= 0.3 is 0 Å². The Morgan fingerprint density at radius 3 is 2.48 bits per heavy atom. The average molecular weight is 393 g/mol. The van der Waals surface area contributed by atoms with Gasteiger partial charge in [-0.2, -0.15) is 0 Å². The Morgan fingerprint density at radius 1 is 1.00 bits per heavy atom. The van der Waals surface area contributed by atoms with Crippen LogP contribution in [-0.4, -0.2) is 27.9 Å². The van der Waals surface area contributed by atoms with Crippen molar-refractivity contribution < 1.29 is 14.7 Å². The summed E-state index contributed by atoms with van der Waals surface area (Å²) in [4.78, 5) is 28.6. The third-order valence-electron chi connectivity index (χ3n) is 4.99. The molecule has 2 atom stereocenters. The molecule has 6 nitrogen and oxygen atoms in total. The average Bonchev–Trinajstić information content (AvgIpc) is 3.10. The van der Waals surface area contributed by atoms with Crippen LogP contribution in [0.4, 0.5) is 0 Å². The largest absolute Gasteiger partial charge is 0.508 e. The van der Waals surface area contributed by atoms with Gasteiger partial charge in [-0.05, 0) is 36.2 Å². The van der Waals surface area contributed by atoms with Crippen molar-refractivity contribution in [3.8, 4) is 5.75 Å². The molecule has 1 aromatic heterocycles. The molecule has 4 N–H and O–H groups in total. The van der Waals surface area contributed by atoms with E-state index in [1.165, 1.54) is 0 Å². The van der Waals surface area contributed by atoms with Crippen molar-refractivity contribution >= 4 is 22.7 Å². The van der Waals surface area contributed by atoms with Gasteiger partial charge in [-0.3, -0.25) is 9.59 Å². The normalized spacial score (nSPS) is 13.2. The molecule has 29 heavy (non-hydrogen) atoms. The number of benzene rings is 2. The molecular weight excluding hydrogens is 366 g/mol. The number of nitrogens with one attached hydrogen (secondary N) is 3. The smallest absolute Gasteiger partial charge is 0.243 e. The molecule has 2 amide bonds. The lowest BCUT2D eigenvalue weighted by Gasteiger charge is -2.22. The van der Waals surface area contributed by atoms with Gasteiger partial charge in [0.05, 0.1) is 6.04 Å². The van der Waals surface area contributed by atoms with E-state index in [1.807, 2.05) is 43.5 Å². The van der Waals surface area contributed by atoms with Gasteiger partial charge in [0.1, 0.15) is 11.8 Å². The number of carbonyl (C=O) groups excluding carboxylic acids is 2.